The van der Waals surface area contributed by atoms with Crippen molar-refractivity contribution < 1.29 is 10.0 Å². The molecule has 2 heterocycles. The normalized spacial score (nSPS) is 10.4. The Bertz CT molecular complexity index is 1390. The molecule has 210 valence electrons. The summed E-state index contributed by atoms with van der Waals surface area (Å²) in [6.07, 6.45) is 0. The molecule has 0 aliphatic heterocycles. The van der Waals surface area contributed by atoms with Crippen molar-refractivity contribution in [2.75, 3.05) is 37.7 Å². The van der Waals surface area contributed by atoms with E-state index in [1.54, 1.807) is 27.2 Å². The highest BCUT2D eigenvalue weighted by atomic mass is 79.9. The lowest BCUT2D eigenvalue weighted by Gasteiger charge is -2.09. The average molecular weight is 676 g/mol. The van der Waals surface area contributed by atoms with Crippen LogP contribution in [0.2, 0.25) is 10.3 Å². The monoisotopic (exact) mass is 674 g/mol. The summed E-state index contributed by atoms with van der Waals surface area (Å²) in [7, 11) is -2.16. The van der Waals surface area contributed by atoms with Gasteiger partial charge in [-0.2, -0.15) is 9.97 Å². The third kappa shape index (κ3) is 12.2. The number of benzene rings is 2. The Balaban J connectivity index is 0.000000321. The molecule has 2 aromatic heterocycles. The van der Waals surface area contributed by atoms with E-state index < -0.39 is 7.14 Å². The summed E-state index contributed by atoms with van der Waals surface area (Å²) in [4.78, 5) is 7.71. The maximum Gasteiger partial charge on any atom is 0.248 e. The van der Waals surface area contributed by atoms with E-state index in [-0.39, 0.29) is 19.3 Å². The molecule has 0 aliphatic rings. The number of hydrogen-bond acceptors (Lipinski definition) is 9. The van der Waals surface area contributed by atoms with Crippen molar-refractivity contribution in [2.24, 2.45) is 0 Å². The standard InChI is InChI=1S/C12H14ClN4OP.C8H10BrP.C4H5ClN4.H2O/c1-8-11(13)15-12(17-16-8)14-9-4-6-10(7-5-9)19(2,3)18;1-10(2)8-5-3-7(9)4-6-8;1-2-3(5)7-4(6)9-8-2;/h4-7H,1-3H3,(H,14,15,17);3-6H,1-2H3;1H3,(H2,6,7,9);1H2. The van der Waals surface area contributed by atoms with Crippen molar-refractivity contribution in [1.82, 2.24) is 30.4 Å². The van der Waals surface area contributed by atoms with E-state index in [1.165, 1.54) is 5.30 Å². The van der Waals surface area contributed by atoms with Crippen molar-refractivity contribution in [3.63, 3.8) is 0 Å². The lowest BCUT2D eigenvalue weighted by molar-refractivity contribution is 0.588. The predicted octanol–water partition coefficient (Wildman–Crippen LogP) is 5.23. The number of nitrogens with two attached hydrogens (primary N) is 1. The highest BCUT2D eigenvalue weighted by molar-refractivity contribution is 9.10. The Morgan fingerprint density at radius 1 is 0.846 bits per heavy atom. The van der Waals surface area contributed by atoms with Crippen LogP contribution >= 0.6 is 54.2 Å². The zero-order chi connectivity index (χ0) is 28.5. The summed E-state index contributed by atoms with van der Waals surface area (Å²) in [5, 5.41) is 20.8. The topological polar surface area (TPSA) is 164 Å². The van der Waals surface area contributed by atoms with Crippen molar-refractivity contribution in [3.8, 4) is 0 Å². The third-order valence-electron chi connectivity index (χ3n) is 4.70. The first-order valence-corrected chi connectivity index (χ1v) is 17.5. The molecule has 2 aromatic carbocycles. The minimum Gasteiger partial charge on any atom is -0.412 e. The molecule has 15 heteroatoms. The van der Waals surface area contributed by atoms with Crippen LogP contribution in [0.4, 0.5) is 17.6 Å². The second kappa shape index (κ2) is 16.1. The highest BCUT2D eigenvalue weighted by Gasteiger charge is 2.10. The number of aryl methyl sites for hydroxylation is 2. The second-order valence-corrected chi connectivity index (χ2v) is 15.6. The lowest BCUT2D eigenvalue weighted by atomic mass is 10.3. The molecular weight excluding hydrogens is 645 g/mol. The summed E-state index contributed by atoms with van der Waals surface area (Å²) in [5.41, 5.74) is 7.12. The van der Waals surface area contributed by atoms with E-state index in [0.717, 1.165) is 15.5 Å². The van der Waals surface area contributed by atoms with Crippen LogP contribution in [0.3, 0.4) is 0 Å². The van der Waals surface area contributed by atoms with Crippen LogP contribution in [-0.4, -0.2) is 62.5 Å². The van der Waals surface area contributed by atoms with Gasteiger partial charge in [0.1, 0.15) is 7.14 Å². The minimum atomic E-state index is -2.23. The number of halogens is 3. The Hall–Kier alpha value is -2.26. The van der Waals surface area contributed by atoms with Gasteiger partial charge in [0.2, 0.25) is 11.9 Å². The number of rotatable bonds is 4. The van der Waals surface area contributed by atoms with Crippen LogP contribution in [0, 0.1) is 13.8 Å². The predicted molar refractivity (Wildman–Crippen MR) is 169 cm³/mol. The van der Waals surface area contributed by atoms with E-state index in [9.17, 15) is 4.57 Å². The largest absolute Gasteiger partial charge is 0.412 e. The number of anilines is 3. The molecule has 0 atom stereocenters. The average Bonchev–Trinajstić information content (AvgIpc) is 2.85. The molecular formula is C24H31BrCl2N8O2P2. The van der Waals surface area contributed by atoms with Gasteiger partial charge < -0.3 is 21.1 Å². The SMILES string of the molecule is CP(C)c1ccc(Br)cc1.Cc1nnc(N)nc1Cl.Cc1nnc(Nc2ccc(P(C)(C)=O)cc2)nc1Cl.O. The van der Waals surface area contributed by atoms with Crippen LogP contribution in [0.25, 0.3) is 0 Å². The van der Waals surface area contributed by atoms with E-state index in [4.69, 9.17) is 28.9 Å². The molecule has 0 saturated carbocycles. The van der Waals surface area contributed by atoms with Crippen LogP contribution in [-0.2, 0) is 4.57 Å². The molecule has 0 radical (unpaired) electrons. The third-order valence-corrected chi connectivity index (χ3v) is 8.82. The Kier molecular flexibility index (Phi) is 14.4. The van der Waals surface area contributed by atoms with E-state index in [0.29, 0.717) is 27.6 Å². The van der Waals surface area contributed by atoms with Gasteiger partial charge in [-0.15, -0.1) is 20.4 Å². The number of nitrogens with one attached hydrogen (secondary N) is 1. The fourth-order valence-electron chi connectivity index (χ4n) is 2.56. The van der Waals surface area contributed by atoms with Gasteiger partial charge in [0.25, 0.3) is 0 Å². The molecule has 0 bridgehead atoms. The molecule has 0 spiro atoms. The fraction of sp³-hybridized carbons (Fsp3) is 0.250. The van der Waals surface area contributed by atoms with Gasteiger partial charge in [0, 0.05) is 15.5 Å². The summed E-state index contributed by atoms with van der Waals surface area (Å²) in [6.45, 7) is 11.4. The van der Waals surface area contributed by atoms with Crippen molar-refractivity contribution in [1.29, 1.82) is 0 Å². The molecule has 0 fully saturated rings. The number of nitrogens with zero attached hydrogens (tertiary/aromatic N) is 6. The van der Waals surface area contributed by atoms with Crippen LogP contribution in [0.5, 0.6) is 0 Å². The molecule has 5 N–H and O–H groups in total. The molecule has 0 amide bonds. The molecule has 10 nitrogen and oxygen atoms in total. The number of aromatic nitrogens is 6. The summed E-state index contributed by atoms with van der Waals surface area (Å²) >= 11 is 14.8. The van der Waals surface area contributed by atoms with Crippen LogP contribution in [0.1, 0.15) is 11.4 Å². The van der Waals surface area contributed by atoms with Crippen molar-refractivity contribution >= 4 is 82.4 Å². The molecule has 0 saturated heterocycles. The van der Waals surface area contributed by atoms with Gasteiger partial charge in [-0.3, -0.25) is 0 Å². The van der Waals surface area contributed by atoms with Gasteiger partial charge in [0.05, 0.1) is 11.4 Å². The summed E-state index contributed by atoms with van der Waals surface area (Å²) in [6, 6.07) is 15.8. The molecule has 39 heavy (non-hydrogen) atoms. The Morgan fingerprint density at radius 2 is 1.36 bits per heavy atom. The Morgan fingerprint density at radius 3 is 1.79 bits per heavy atom. The second-order valence-electron chi connectivity index (χ2n) is 8.45. The fourth-order valence-corrected chi connectivity index (χ4v) is 4.68. The van der Waals surface area contributed by atoms with Crippen molar-refractivity contribution in [2.45, 2.75) is 13.8 Å². The molecule has 0 aliphatic carbocycles. The number of nitrogen functional groups attached to an aromatic ring is 1. The molecule has 4 rings (SSSR count). The van der Waals surface area contributed by atoms with Gasteiger partial charge in [-0.25, -0.2) is 0 Å². The highest BCUT2D eigenvalue weighted by Crippen LogP contribution is 2.34. The first-order valence-electron chi connectivity index (χ1n) is 11.1. The van der Waals surface area contributed by atoms with Gasteiger partial charge in [-0.05, 0) is 82.2 Å². The van der Waals surface area contributed by atoms with E-state index in [2.05, 4.69) is 89.2 Å². The van der Waals surface area contributed by atoms with Crippen LogP contribution < -0.4 is 21.7 Å². The summed E-state index contributed by atoms with van der Waals surface area (Å²) < 4.78 is 13.1. The first kappa shape index (κ1) is 34.8. The quantitative estimate of drug-likeness (QED) is 0.276. The minimum absolute atomic E-state index is 0. The Labute approximate surface area is 248 Å². The van der Waals surface area contributed by atoms with Gasteiger partial charge in [-0.1, -0.05) is 59.2 Å². The zero-order valence-electron chi connectivity index (χ0n) is 22.3. The zero-order valence-corrected chi connectivity index (χ0v) is 27.2. The molecule has 4 aromatic rings. The summed E-state index contributed by atoms with van der Waals surface area (Å²) in [5.74, 6) is 0.435. The lowest BCUT2D eigenvalue weighted by Crippen LogP contribution is -2.04. The smallest absolute Gasteiger partial charge is 0.248 e. The maximum absolute atomic E-state index is 11.9. The van der Waals surface area contributed by atoms with Crippen molar-refractivity contribution in [3.05, 3.63) is 74.7 Å². The maximum atomic E-state index is 11.9. The van der Waals surface area contributed by atoms with Gasteiger partial charge >= 0.3 is 0 Å². The first-order chi connectivity index (χ1) is 17.8. The van der Waals surface area contributed by atoms with Gasteiger partial charge in [0.15, 0.2) is 10.3 Å². The molecule has 0 unspecified atom stereocenters. The van der Waals surface area contributed by atoms with Crippen LogP contribution in [0.15, 0.2) is 53.0 Å². The van der Waals surface area contributed by atoms with E-state index >= 15 is 0 Å². The number of hydrogen-bond donors (Lipinski definition) is 2. The van der Waals surface area contributed by atoms with E-state index in [1.807, 2.05) is 24.3 Å².